The predicted molar refractivity (Wildman–Crippen MR) is 117 cm³/mol. The van der Waals surface area contributed by atoms with Crippen LogP contribution in [0.3, 0.4) is 0 Å². The summed E-state index contributed by atoms with van der Waals surface area (Å²) < 4.78 is 9.76. The van der Waals surface area contributed by atoms with E-state index in [1.807, 2.05) is 12.1 Å². The van der Waals surface area contributed by atoms with Gasteiger partial charge in [-0.25, -0.2) is 4.98 Å². The molecule has 9 heteroatoms. The molecule has 1 saturated heterocycles. The number of halogens is 1. The predicted octanol–water partition coefficient (Wildman–Crippen LogP) is 2.64. The molecule has 1 aliphatic heterocycles. The van der Waals surface area contributed by atoms with E-state index in [2.05, 4.69) is 38.3 Å². The highest BCUT2D eigenvalue weighted by molar-refractivity contribution is 14.0. The quantitative estimate of drug-likeness (QED) is 0.382. The van der Waals surface area contributed by atoms with Gasteiger partial charge in [-0.15, -0.1) is 24.0 Å². The number of aryl methyl sites for hydroxylation is 1. The van der Waals surface area contributed by atoms with Crippen LogP contribution >= 0.6 is 35.5 Å². The summed E-state index contributed by atoms with van der Waals surface area (Å²) in [6, 6.07) is 3.91. The lowest BCUT2D eigenvalue weighted by atomic mass is 10.3. The van der Waals surface area contributed by atoms with Crippen LogP contribution in [-0.4, -0.2) is 59.5 Å². The Labute approximate surface area is 176 Å². The van der Waals surface area contributed by atoms with Gasteiger partial charge in [0.2, 0.25) is 5.13 Å². The highest BCUT2D eigenvalue weighted by Crippen LogP contribution is 2.19. The number of furan rings is 1. The maximum Gasteiger partial charge on any atom is 0.205 e. The molecule has 144 valence electrons. The molecule has 2 aromatic heterocycles. The zero-order valence-corrected chi connectivity index (χ0v) is 18.5. The lowest BCUT2D eigenvalue weighted by Gasteiger charge is -2.36. The molecule has 1 aliphatic rings. The van der Waals surface area contributed by atoms with Crippen molar-refractivity contribution < 1.29 is 4.42 Å². The van der Waals surface area contributed by atoms with Crippen molar-refractivity contribution in [2.75, 3.05) is 44.2 Å². The smallest absolute Gasteiger partial charge is 0.205 e. The average molecular weight is 490 g/mol. The number of anilines is 1. The molecule has 0 radical (unpaired) electrons. The van der Waals surface area contributed by atoms with Gasteiger partial charge < -0.3 is 19.5 Å². The first-order chi connectivity index (χ1) is 12.3. The Morgan fingerprint density at radius 3 is 2.73 bits per heavy atom. The molecule has 0 spiro atoms. The van der Waals surface area contributed by atoms with E-state index in [9.17, 15) is 0 Å². The minimum Gasteiger partial charge on any atom is -0.469 e. The molecule has 0 atom stereocenters. The van der Waals surface area contributed by atoms with Gasteiger partial charge in [-0.1, -0.05) is 6.92 Å². The fourth-order valence-electron chi connectivity index (χ4n) is 2.78. The molecule has 2 aromatic rings. The second-order valence-corrected chi connectivity index (χ2v) is 6.62. The number of hydrogen-bond donors (Lipinski definition) is 1. The van der Waals surface area contributed by atoms with Gasteiger partial charge in [0.25, 0.3) is 0 Å². The number of nitrogens with one attached hydrogen (secondary N) is 1. The average Bonchev–Trinajstić information content (AvgIpc) is 3.33. The highest BCUT2D eigenvalue weighted by Gasteiger charge is 2.21. The second kappa shape index (κ2) is 10.7. The minimum absolute atomic E-state index is 0. The largest absolute Gasteiger partial charge is 0.469 e. The van der Waals surface area contributed by atoms with Crippen molar-refractivity contribution in [1.82, 2.24) is 19.6 Å². The summed E-state index contributed by atoms with van der Waals surface area (Å²) in [6.07, 6.45) is 3.43. The van der Waals surface area contributed by atoms with Crippen LogP contribution in [0, 0.1) is 0 Å². The van der Waals surface area contributed by atoms with Crippen molar-refractivity contribution in [2.45, 2.75) is 26.7 Å². The fraction of sp³-hybridized carbons (Fsp3) is 0.588. The van der Waals surface area contributed by atoms with Crippen LogP contribution in [0.2, 0.25) is 0 Å². The Morgan fingerprint density at radius 1 is 1.31 bits per heavy atom. The molecule has 0 unspecified atom stereocenters. The van der Waals surface area contributed by atoms with Crippen molar-refractivity contribution in [3.63, 3.8) is 0 Å². The zero-order valence-electron chi connectivity index (χ0n) is 15.3. The van der Waals surface area contributed by atoms with Gasteiger partial charge in [-0.05, 0) is 19.1 Å². The summed E-state index contributed by atoms with van der Waals surface area (Å²) in [7, 11) is 0. The maximum atomic E-state index is 5.37. The Morgan fingerprint density at radius 2 is 2.12 bits per heavy atom. The van der Waals surface area contributed by atoms with Gasteiger partial charge in [0.05, 0.1) is 6.26 Å². The number of aromatic nitrogens is 2. The van der Waals surface area contributed by atoms with Crippen LogP contribution in [0.4, 0.5) is 5.13 Å². The summed E-state index contributed by atoms with van der Waals surface area (Å²) in [5.41, 5.74) is 0. The van der Waals surface area contributed by atoms with E-state index in [0.29, 0.717) is 0 Å². The van der Waals surface area contributed by atoms with Crippen molar-refractivity contribution in [2.24, 2.45) is 4.99 Å². The van der Waals surface area contributed by atoms with Crippen LogP contribution in [0.25, 0.3) is 0 Å². The minimum atomic E-state index is 0. The van der Waals surface area contributed by atoms with E-state index in [1.165, 1.54) is 11.5 Å². The summed E-state index contributed by atoms with van der Waals surface area (Å²) in [4.78, 5) is 14.0. The molecule has 3 heterocycles. The second-order valence-electron chi connectivity index (χ2n) is 5.89. The molecule has 1 N–H and O–H groups in total. The monoisotopic (exact) mass is 490 g/mol. The third-order valence-electron chi connectivity index (χ3n) is 4.16. The number of rotatable bonds is 6. The van der Waals surface area contributed by atoms with Crippen LogP contribution in [0.5, 0.6) is 0 Å². The topological polar surface area (TPSA) is 69.8 Å². The highest BCUT2D eigenvalue weighted by atomic mass is 127. The van der Waals surface area contributed by atoms with Crippen LogP contribution < -0.4 is 10.2 Å². The van der Waals surface area contributed by atoms with Crippen LogP contribution in [0.1, 0.15) is 25.4 Å². The summed E-state index contributed by atoms with van der Waals surface area (Å²) in [5, 5.41) is 4.44. The molecular formula is C17H27IN6OS. The van der Waals surface area contributed by atoms with Crippen LogP contribution in [0.15, 0.2) is 27.8 Å². The van der Waals surface area contributed by atoms with Crippen molar-refractivity contribution in [3.05, 3.63) is 30.0 Å². The van der Waals surface area contributed by atoms with Crippen molar-refractivity contribution in [1.29, 1.82) is 0 Å². The van der Waals surface area contributed by atoms with Gasteiger partial charge in [-0.2, -0.15) is 4.37 Å². The van der Waals surface area contributed by atoms with E-state index >= 15 is 0 Å². The molecule has 0 aromatic carbocycles. The van der Waals surface area contributed by atoms with Gasteiger partial charge in [0.15, 0.2) is 5.96 Å². The molecule has 3 rings (SSSR count). The van der Waals surface area contributed by atoms with Crippen molar-refractivity contribution >= 4 is 46.6 Å². The molecular weight excluding hydrogens is 463 g/mol. The van der Waals surface area contributed by atoms with Crippen LogP contribution in [-0.2, 0) is 12.8 Å². The third kappa shape index (κ3) is 5.57. The zero-order chi connectivity index (χ0) is 17.5. The van der Waals surface area contributed by atoms with Gasteiger partial charge in [0, 0.05) is 63.6 Å². The van der Waals surface area contributed by atoms with E-state index in [-0.39, 0.29) is 24.0 Å². The van der Waals surface area contributed by atoms with Gasteiger partial charge in [0.1, 0.15) is 11.6 Å². The number of guanidine groups is 1. The number of piperazine rings is 1. The molecule has 0 saturated carbocycles. The van der Waals surface area contributed by atoms with Gasteiger partial charge >= 0.3 is 0 Å². The fourth-order valence-corrected chi connectivity index (χ4v) is 3.58. The molecule has 1 fully saturated rings. The standard InChI is InChI=1S/C17H26N6OS.HI/c1-3-15-20-17(25-21-15)23-11-9-22(10-12-23)16(18-4-2)19-8-7-14-6-5-13-24-14;/h5-6,13H,3-4,7-12H2,1-2H3,(H,18,19);1H. The number of hydrogen-bond acceptors (Lipinski definition) is 6. The number of nitrogens with zero attached hydrogens (tertiary/aromatic N) is 5. The molecule has 7 nitrogen and oxygen atoms in total. The van der Waals surface area contributed by atoms with E-state index < -0.39 is 0 Å². The first-order valence-corrected chi connectivity index (χ1v) is 9.70. The van der Waals surface area contributed by atoms with E-state index in [1.54, 1.807) is 6.26 Å². The van der Waals surface area contributed by atoms with E-state index in [4.69, 9.17) is 9.41 Å². The lowest BCUT2D eigenvalue weighted by Crippen LogP contribution is -2.52. The molecule has 26 heavy (non-hydrogen) atoms. The summed E-state index contributed by atoms with van der Waals surface area (Å²) in [6.45, 7) is 9.56. The molecule has 0 bridgehead atoms. The Balaban J connectivity index is 0.00000243. The Hall–Kier alpha value is -1.36. The van der Waals surface area contributed by atoms with Crippen molar-refractivity contribution in [3.8, 4) is 0 Å². The molecule has 0 amide bonds. The third-order valence-corrected chi connectivity index (χ3v) is 4.97. The number of aliphatic imine (C=N–C) groups is 1. The van der Waals surface area contributed by atoms with E-state index in [0.717, 1.165) is 74.8 Å². The first kappa shape index (κ1) is 20.9. The SMILES string of the molecule is CCNC(=NCCc1ccco1)N1CCN(c2nc(CC)ns2)CC1.I. The summed E-state index contributed by atoms with van der Waals surface area (Å²) in [5.74, 6) is 2.91. The Kier molecular flexibility index (Phi) is 8.63. The maximum absolute atomic E-state index is 5.37. The Bertz CT molecular complexity index is 667. The summed E-state index contributed by atoms with van der Waals surface area (Å²) >= 11 is 1.50. The first-order valence-electron chi connectivity index (χ1n) is 8.93. The normalized spacial score (nSPS) is 15.1. The lowest BCUT2D eigenvalue weighted by molar-refractivity contribution is 0.372. The van der Waals surface area contributed by atoms with Gasteiger partial charge in [-0.3, -0.25) is 4.99 Å². The molecule has 0 aliphatic carbocycles.